The molecule has 1 unspecified atom stereocenters. The second-order valence-electron chi connectivity index (χ2n) is 4.87. The number of hydrogen-bond donors (Lipinski definition) is 2. The Morgan fingerprint density at radius 1 is 1.24 bits per heavy atom. The zero-order chi connectivity index (χ0) is 15.6. The number of hydrazine groups is 1. The first-order valence-electron chi connectivity index (χ1n) is 6.46. The van der Waals surface area contributed by atoms with Crippen molar-refractivity contribution in [2.75, 3.05) is 0 Å². The summed E-state index contributed by atoms with van der Waals surface area (Å²) in [6, 6.07) is 5.88. The standard InChI is InChI=1S/C15H16BrF2N3/c1-8-3-4-10(9(2)20-8)14(21-19)7-11-13(17)6-5-12(16)15(11)18/h3-6,14,21H,7,19H2,1-2H3. The van der Waals surface area contributed by atoms with Crippen molar-refractivity contribution in [3.8, 4) is 0 Å². The van der Waals surface area contributed by atoms with E-state index in [0.717, 1.165) is 17.0 Å². The normalized spacial score (nSPS) is 12.5. The first-order valence-corrected chi connectivity index (χ1v) is 7.26. The number of nitrogens with two attached hydrogens (primary N) is 1. The number of halogens is 3. The van der Waals surface area contributed by atoms with Crippen molar-refractivity contribution in [3.63, 3.8) is 0 Å². The third-order valence-corrected chi connectivity index (χ3v) is 4.00. The second kappa shape index (κ2) is 6.60. The van der Waals surface area contributed by atoms with Crippen molar-refractivity contribution in [3.05, 3.63) is 62.9 Å². The quantitative estimate of drug-likeness (QED) is 0.501. The number of benzene rings is 1. The molecule has 0 saturated carbocycles. The Balaban J connectivity index is 2.38. The number of hydrogen-bond acceptors (Lipinski definition) is 3. The van der Waals surface area contributed by atoms with Gasteiger partial charge in [-0.3, -0.25) is 16.3 Å². The Kier molecular flexibility index (Phi) is 5.03. The van der Waals surface area contributed by atoms with Crippen LogP contribution in [0, 0.1) is 25.5 Å². The highest BCUT2D eigenvalue weighted by atomic mass is 79.9. The molecule has 0 aliphatic rings. The number of aryl methyl sites for hydroxylation is 2. The molecular weight excluding hydrogens is 340 g/mol. The van der Waals surface area contributed by atoms with E-state index in [9.17, 15) is 8.78 Å². The molecule has 21 heavy (non-hydrogen) atoms. The van der Waals surface area contributed by atoms with Gasteiger partial charge in [0.15, 0.2) is 0 Å². The lowest BCUT2D eigenvalue weighted by Gasteiger charge is -2.19. The van der Waals surface area contributed by atoms with Gasteiger partial charge in [-0.1, -0.05) is 6.07 Å². The molecule has 0 radical (unpaired) electrons. The maximum absolute atomic E-state index is 14.1. The highest BCUT2D eigenvalue weighted by Crippen LogP contribution is 2.27. The first kappa shape index (κ1) is 16.0. The van der Waals surface area contributed by atoms with Crippen LogP contribution < -0.4 is 11.3 Å². The maximum atomic E-state index is 14.1. The maximum Gasteiger partial charge on any atom is 0.143 e. The van der Waals surface area contributed by atoms with Crippen LogP contribution in [0.25, 0.3) is 0 Å². The third-order valence-electron chi connectivity index (χ3n) is 3.39. The Labute approximate surface area is 130 Å². The Hall–Kier alpha value is -1.37. The van der Waals surface area contributed by atoms with Crippen LogP contribution >= 0.6 is 15.9 Å². The van der Waals surface area contributed by atoms with Gasteiger partial charge < -0.3 is 0 Å². The lowest BCUT2D eigenvalue weighted by Crippen LogP contribution is -2.31. The van der Waals surface area contributed by atoms with E-state index in [-0.39, 0.29) is 16.5 Å². The molecule has 6 heteroatoms. The van der Waals surface area contributed by atoms with Gasteiger partial charge in [0.1, 0.15) is 11.6 Å². The highest BCUT2D eigenvalue weighted by Gasteiger charge is 2.20. The van der Waals surface area contributed by atoms with Crippen molar-refractivity contribution in [1.29, 1.82) is 0 Å². The minimum atomic E-state index is -0.604. The third kappa shape index (κ3) is 3.45. The van der Waals surface area contributed by atoms with Crippen molar-refractivity contribution in [2.24, 2.45) is 5.84 Å². The van der Waals surface area contributed by atoms with Gasteiger partial charge in [-0.05, 0) is 60.0 Å². The van der Waals surface area contributed by atoms with Crippen LogP contribution in [-0.4, -0.2) is 4.98 Å². The molecule has 2 aromatic rings. The minimum absolute atomic E-state index is 0.00713. The average Bonchev–Trinajstić information content (AvgIpc) is 2.44. The molecule has 1 aromatic carbocycles. The zero-order valence-electron chi connectivity index (χ0n) is 11.8. The Bertz CT molecular complexity index is 662. The summed E-state index contributed by atoms with van der Waals surface area (Å²) in [5.74, 6) is 4.37. The van der Waals surface area contributed by atoms with E-state index in [1.54, 1.807) is 0 Å². The first-order chi connectivity index (χ1) is 9.93. The number of nitrogens with one attached hydrogen (secondary N) is 1. The molecule has 1 atom stereocenters. The van der Waals surface area contributed by atoms with Crippen LogP contribution in [0.5, 0.6) is 0 Å². The van der Waals surface area contributed by atoms with Crippen LogP contribution in [0.4, 0.5) is 8.78 Å². The van der Waals surface area contributed by atoms with Crippen LogP contribution in [-0.2, 0) is 6.42 Å². The molecule has 0 bridgehead atoms. The van der Waals surface area contributed by atoms with Gasteiger partial charge in [0, 0.05) is 17.0 Å². The van der Waals surface area contributed by atoms with Gasteiger partial charge in [0.2, 0.25) is 0 Å². The van der Waals surface area contributed by atoms with Crippen LogP contribution in [0.3, 0.4) is 0 Å². The summed E-state index contributed by atoms with van der Waals surface area (Å²) >= 11 is 3.07. The van der Waals surface area contributed by atoms with Crippen LogP contribution in [0.15, 0.2) is 28.7 Å². The number of aromatic nitrogens is 1. The van der Waals surface area contributed by atoms with Gasteiger partial charge in [-0.15, -0.1) is 0 Å². The molecule has 0 amide bonds. The highest BCUT2D eigenvalue weighted by molar-refractivity contribution is 9.10. The van der Waals surface area contributed by atoms with Gasteiger partial charge in [0.05, 0.1) is 10.5 Å². The molecule has 3 nitrogen and oxygen atoms in total. The summed E-state index contributed by atoms with van der Waals surface area (Å²) in [5.41, 5.74) is 5.09. The molecule has 1 aromatic heterocycles. The van der Waals surface area contributed by atoms with Crippen molar-refractivity contribution < 1.29 is 8.78 Å². The lowest BCUT2D eigenvalue weighted by atomic mass is 9.97. The fourth-order valence-electron chi connectivity index (χ4n) is 2.28. The van der Waals surface area contributed by atoms with Gasteiger partial charge in [0.25, 0.3) is 0 Å². The number of pyridine rings is 1. The van der Waals surface area contributed by atoms with E-state index < -0.39 is 17.7 Å². The molecule has 0 fully saturated rings. The van der Waals surface area contributed by atoms with Crippen molar-refractivity contribution >= 4 is 15.9 Å². The molecule has 0 aliphatic carbocycles. The summed E-state index contributed by atoms with van der Waals surface area (Å²) in [7, 11) is 0. The molecule has 1 heterocycles. The fourth-order valence-corrected chi connectivity index (χ4v) is 2.66. The predicted molar refractivity (Wildman–Crippen MR) is 81.5 cm³/mol. The van der Waals surface area contributed by atoms with E-state index in [1.165, 1.54) is 12.1 Å². The second-order valence-corrected chi connectivity index (χ2v) is 5.73. The minimum Gasteiger partial charge on any atom is -0.271 e. The molecule has 3 N–H and O–H groups in total. The summed E-state index contributed by atoms with van der Waals surface area (Å²) in [4.78, 5) is 4.35. The monoisotopic (exact) mass is 355 g/mol. The SMILES string of the molecule is Cc1ccc(C(Cc2c(F)ccc(Br)c2F)NN)c(C)n1. The topological polar surface area (TPSA) is 50.9 Å². The van der Waals surface area contributed by atoms with E-state index in [4.69, 9.17) is 5.84 Å². The van der Waals surface area contributed by atoms with Gasteiger partial charge in [-0.25, -0.2) is 8.78 Å². The molecule has 112 valence electrons. The summed E-state index contributed by atoms with van der Waals surface area (Å²) in [6.45, 7) is 3.73. The average molecular weight is 356 g/mol. The predicted octanol–water partition coefficient (Wildman–Crippen LogP) is 3.49. The summed E-state index contributed by atoms with van der Waals surface area (Å²) in [5, 5.41) is 0. The number of nitrogens with zero attached hydrogens (tertiary/aromatic N) is 1. The Morgan fingerprint density at radius 2 is 1.95 bits per heavy atom. The molecule has 2 rings (SSSR count). The smallest absolute Gasteiger partial charge is 0.143 e. The molecule has 0 saturated heterocycles. The van der Waals surface area contributed by atoms with Crippen molar-refractivity contribution in [1.82, 2.24) is 10.4 Å². The van der Waals surface area contributed by atoms with Crippen LogP contribution in [0.2, 0.25) is 0 Å². The molecule has 0 aliphatic heterocycles. The summed E-state index contributed by atoms with van der Waals surface area (Å²) < 4.78 is 28.2. The molecule has 0 spiro atoms. The van der Waals surface area contributed by atoms with E-state index in [1.807, 2.05) is 26.0 Å². The van der Waals surface area contributed by atoms with Crippen LogP contribution in [0.1, 0.15) is 28.6 Å². The number of rotatable bonds is 4. The fraction of sp³-hybridized carbons (Fsp3) is 0.267. The van der Waals surface area contributed by atoms with Crippen molar-refractivity contribution in [2.45, 2.75) is 26.3 Å². The largest absolute Gasteiger partial charge is 0.271 e. The van der Waals surface area contributed by atoms with E-state index >= 15 is 0 Å². The van der Waals surface area contributed by atoms with Gasteiger partial charge >= 0.3 is 0 Å². The Morgan fingerprint density at radius 3 is 2.57 bits per heavy atom. The van der Waals surface area contributed by atoms with E-state index in [2.05, 4.69) is 26.3 Å². The van der Waals surface area contributed by atoms with Gasteiger partial charge in [-0.2, -0.15) is 0 Å². The summed E-state index contributed by atoms with van der Waals surface area (Å²) in [6.07, 6.45) is 0.0964. The lowest BCUT2D eigenvalue weighted by molar-refractivity contribution is 0.495. The zero-order valence-corrected chi connectivity index (χ0v) is 13.3. The molecular formula is C15H16BrF2N3. The van der Waals surface area contributed by atoms with E-state index in [0.29, 0.717) is 0 Å².